The molecule has 13 heavy (non-hydrogen) atoms. The van der Waals surface area contributed by atoms with Crippen LogP contribution in [0.2, 0.25) is 0 Å². The summed E-state index contributed by atoms with van der Waals surface area (Å²) in [5.41, 5.74) is 1.06. The molecular weight excluding hydrogens is 275 g/mol. The predicted octanol–water partition coefficient (Wildman–Crippen LogP) is 2.88. The van der Waals surface area contributed by atoms with Crippen LogP contribution in [-0.4, -0.2) is 0 Å². The summed E-state index contributed by atoms with van der Waals surface area (Å²) in [7, 11) is 0. The summed E-state index contributed by atoms with van der Waals surface area (Å²) < 4.78 is 0.697. The van der Waals surface area contributed by atoms with Gasteiger partial charge in [0.25, 0.3) is 0 Å². The van der Waals surface area contributed by atoms with E-state index < -0.39 is 0 Å². The van der Waals surface area contributed by atoms with Crippen LogP contribution in [0.25, 0.3) is 3.58 Å². The van der Waals surface area contributed by atoms with Gasteiger partial charge in [0.1, 0.15) is 17.7 Å². The minimum absolute atomic E-state index is 0.159. The van der Waals surface area contributed by atoms with Crippen molar-refractivity contribution in [3.8, 4) is 12.1 Å². The third-order valence-electron chi connectivity index (χ3n) is 1.47. The number of benzene rings is 1. The highest BCUT2D eigenvalue weighted by Gasteiger charge is 2.03. The molecule has 0 saturated heterocycles. The van der Waals surface area contributed by atoms with Gasteiger partial charge in [-0.05, 0) is 28.2 Å². The van der Waals surface area contributed by atoms with E-state index >= 15 is 0 Å². The highest BCUT2D eigenvalue weighted by molar-refractivity contribution is 14.1. The minimum atomic E-state index is 0.159. The maximum absolute atomic E-state index is 8.62. The summed E-state index contributed by atoms with van der Waals surface area (Å²) in [4.78, 5) is 0. The molecule has 1 aromatic rings. The molecular formula is C10H5IN2. The Morgan fingerprint density at radius 1 is 1.08 bits per heavy atom. The van der Waals surface area contributed by atoms with Crippen molar-refractivity contribution in [1.82, 2.24) is 0 Å². The van der Waals surface area contributed by atoms with Crippen LogP contribution in [0.15, 0.2) is 35.9 Å². The van der Waals surface area contributed by atoms with Crippen molar-refractivity contribution >= 4 is 26.2 Å². The molecule has 1 rings (SSSR count). The SMILES string of the molecule is N#CC(C#N)=C(I)c1ccccc1. The Balaban J connectivity index is 3.21. The fourth-order valence-corrected chi connectivity index (χ4v) is 1.45. The van der Waals surface area contributed by atoms with Crippen molar-refractivity contribution in [1.29, 1.82) is 10.5 Å². The average molecular weight is 280 g/mol. The lowest BCUT2D eigenvalue weighted by Crippen LogP contribution is -1.80. The van der Waals surface area contributed by atoms with Gasteiger partial charge in [-0.3, -0.25) is 0 Å². The predicted molar refractivity (Wildman–Crippen MR) is 58.6 cm³/mol. The van der Waals surface area contributed by atoms with Crippen LogP contribution in [0.3, 0.4) is 0 Å². The van der Waals surface area contributed by atoms with E-state index in [-0.39, 0.29) is 5.57 Å². The molecule has 0 amide bonds. The van der Waals surface area contributed by atoms with E-state index in [1.165, 1.54) is 0 Å². The van der Waals surface area contributed by atoms with Gasteiger partial charge < -0.3 is 0 Å². The summed E-state index contributed by atoms with van der Waals surface area (Å²) in [6.07, 6.45) is 0. The van der Waals surface area contributed by atoms with Gasteiger partial charge in [0, 0.05) is 3.58 Å². The molecule has 0 aliphatic heterocycles. The fourth-order valence-electron chi connectivity index (χ4n) is 0.852. The molecule has 3 heteroatoms. The molecule has 0 aliphatic rings. The first kappa shape index (κ1) is 9.76. The molecule has 0 bridgehead atoms. The lowest BCUT2D eigenvalue weighted by atomic mass is 10.1. The number of rotatable bonds is 1. The van der Waals surface area contributed by atoms with Crippen molar-refractivity contribution in [2.24, 2.45) is 0 Å². The van der Waals surface area contributed by atoms with Crippen LogP contribution >= 0.6 is 22.6 Å². The van der Waals surface area contributed by atoms with Gasteiger partial charge in [0.2, 0.25) is 0 Å². The lowest BCUT2D eigenvalue weighted by Gasteiger charge is -1.97. The lowest BCUT2D eigenvalue weighted by molar-refractivity contribution is 1.47. The first-order valence-electron chi connectivity index (χ1n) is 3.55. The summed E-state index contributed by atoms with van der Waals surface area (Å²) in [5, 5.41) is 17.2. The van der Waals surface area contributed by atoms with Crippen LogP contribution in [-0.2, 0) is 0 Å². The largest absolute Gasteiger partial charge is 0.192 e. The normalized spacial score (nSPS) is 8.23. The van der Waals surface area contributed by atoms with Crippen molar-refractivity contribution in [2.45, 2.75) is 0 Å². The molecule has 0 unspecified atom stereocenters. The van der Waals surface area contributed by atoms with E-state index in [1.807, 2.05) is 65.1 Å². The van der Waals surface area contributed by atoms with Gasteiger partial charge in [0.15, 0.2) is 0 Å². The van der Waals surface area contributed by atoms with Crippen molar-refractivity contribution < 1.29 is 0 Å². The van der Waals surface area contributed by atoms with Crippen LogP contribution in [0.4, 0.5) is 0 Å². The molecule has 1 aromatic carbocycles. The summed E-state index contributed by atoms with van der Waals surface area (Å²) in [5.74, 6) is 0. The molecule has 0 aromatic heterocycles. The summed E-state index contributed by atoms with van der Waals surface area (Å²) in [6.45, 7) is 0. The van der Waals surface area contributed by atoms with Crippen LogP contribution in [0, 0.1) is 22.7 Å². The van der Waals surface area contributed by atoms with E-state index in [4.69, 9.17) is 10.5 Å². The Kier molecular flexibility index (Phi) is 3.48. The van der Waals surface area contributed by atoms with Gasteiger partial charge in [0.05, 0.1) is 0 Å². The molecule has 0 spiro atoms. The molecule has 0 aliphatic carbocycles. The standard InChI is InChI=1S/C10H5IN2/c11-10(9(6-12)7-13)8-4-2-1-3-5-8/h1-5H. The molecule has 0 N–H and O–H groups in total. The Bertz CT molecular complexity index is 391. The van der Waals surface area contributed by atoms with Gasteiger partial charge in [-0.2, -0.15) is 10.5 Å². The zero-order valence-electron chi connectivity index (χ0n) is 6.66. The van der Waals surface area contributed by atoms with Crippen molar-refractivity contribution in [2.75, 3.05) is 0 Å². The molecule has 0 radical (unpaired) electrons. The molecule has 62 valence electrons. The third-order valence-corrected chi connectivity index (χ3v) is 2.63. The highest BCUT2D eigenvalue weighted by Crippen LogP contribution is 2.24. The third kappa shape index (κ3) is 2.30. The Labute approximate surface area is 90.2 Å². The number of nitrogens with zero attached hydrogens (tertiary/aromatic N) is 2. The fraction of sp³-hybridized carbons (Fsp3) is 0. The second-order valence-electron chi connectivity index (χ2n) is 2.28. The number of hydrogen-bond acceptors (Lipinski definition) is 2. The maximum atomic E-state index is 8.62. The molecule has 2 nitrogen and oxygen atoms in total. The summed E-state index contributed by atoms with van der Waals surface area (Å²) >= 11 is 2.00. The van der Waals surface area contributed by atoms with E-state index in [0.29, 0.717) is 3.58 Å². The molecule has 0 heterocycles. The summed E-state index contributed by atoms with van der Waals surface area (Å²) in [6, 6.07) is 13.1. The van der Waals surface area contributed by atoms with E-state index in [2.05, 4.69) is 0 Å². The monoisotopic (exact) mass is 280 g/mol. The molecule has 0 atom stereocenters. The van der Waals surface area contributed by atoms with Crippen LogP contribution < -0.4 is 0 Å². The number of halogens is 1. The Hall–Kier alpha value is -1.33. The Morgan fingerprint density at radius 2 is 1.62 bits per heavy atom. The Morgan fingerprint density at radius 3 is 2.08 bits per heavy atom. The number of nitriles is 2. The average Bonchev–Trinajstić information content (AvgIpc) is 2.21. The molecule has 0 fully saturated rings. The molecule has 0 saturated carbocycles. The second kappa shape index (κ2) is 4.64. The van der Waals surface area contributed by atoms with E-state index in [0.717, 1.165) is 5.56 Å². The zero-order valence-corrected chi connectivity index (χ0v) is 8.82. The van der Waals surface area contributed by atoms with Crippen LogP contribution in [0.1, 0.15) is 5.56 Å². The van der Waals surface area contributed by atoms with Gasteiger partial charge in [-0.1, -0.05) is 30.3 Å². The van der Waals surface area contributed by atoms with Crippen molar-refractivity contribution in [3.05, 3.63) is 41.5 Å². The smallest absolute Gasteiger partial charge is 0.143 e. The first-order valence-corrected chi connectivity index (χ1v) is 4.63. The van der Waals surface area contributed by atoms with E-state index in [1.54, 1.807) is 0 Å². The quantitative estimate of drug-likeness (QED) is 0.586. The number of hydrogen-bond donors (Lipinski definition) is 0. The van der Waals surface area contributed by atoms with Crippen molar-refractivity contribution in [3.63, 3.8) is 0 Å². The van der Waals surface area contributed by atoms with Gasteiger partial charge in [-0.25, -0.2) is 0 Å². The van der Waals surface area contributed by atoms with E-state index in [9.17, 15) is 0 Å². The second-order valence-corrected chi connectivity index (χ2v) is 3.36. The highest BCUT2D eigenvalue weighted by atomic mass is 127. The van der Waals surface area contributed by atoms with Gasteiger partial charge in [-0.15, -0.1) is 0 Å². The van der Waals surface area contributed by atoms with Gasteiger partial charge >= 0.3 is 0 Å². The topological polar surface area (TPSA) is 47.6 Å². The first-order chi connectivity index (χ1) is 6.29. The zero-order chi connectivity index (χ0) is 9.68. The maximum Gasteiger partial charge on any atom is 0.143 e. The van der Waals surface area contributed by atoms with Crippen LogP contribution in [0.5, 0.6) is 0 Å². The number of allylic oxidation sites excluding steroid dienone is 1. The minimum Gasteiger partial charge on any atom is -0.192 e.